The van der Waals surface area contributed by atoms with Crippen molar-refractivity contribution in [2.75, 3.05) is 0 Å². The Balaban J connectivity index is 2.91. The average Bonchev–Trinajstić information content (AvgIpc) is 2.20. The van der Waals surface area contributed by atoms with Gasteiger partial charge >= 0.3 is 0 Å². The van der Waals surface area contributed by atoms with Crippen LogP contribution in [-0.4, -0.2) is 5.91 Å². The van der Waals surface area contributed by atoms with Gasteiger partial charge in [-0.05, 0) is 12.0 Å². The van der Waals surface area contributed by atoms with Crippen LogP contribution in [0.3, 0.4) is 0 Å². The van der Waals surface area contributed by atoms with E-state index in [2.05, 4.69) is 5.32 Å². The van der Waals surface area contributed by atoms with Crippen LogP contribution in [0.2, 0.25) is 0 Å². The third-order valence-corrected chi connectivity index (χ3v) is 2.15. The Hall–Kier alpha value is -1.45. The summed E-state index contributed by atoms with van der Waals surface area (Å²) in [5.41, 5.74) is 0.513. The van der Waals surface area contributed by atoms with Crippen LogP contribution < -0.4 is 5.32 Å². The summed E-state index contributed by atoms with van der Waals surface area (Å²) in [6, 6.07) is 3.03. The molecule has 0 saturated carbocycles. The molecule has 15 heavy (non-hydrogen) atoms. The number of nitrogens with one attached hydrogen (secondary N) is 1. The Labute approximate surface area is 87.3 Å². The molecule has 1 aromatic carbocycles. The molecule has 0 bridgehead atoms. The second kappa shape index (κ2) is 4.87. The van der Waals surface area contributed by atoms with E-state index in [0.717, 1.165) is 0 Å². The lowest BCUT2D eigenvalue weighted by atomic mass is 10.1. The highest BCUT2D eigenvalue weighted by atomic mass is 19.2. The highest BCUT2D eigenvalue weighted by molar-refractivity contribution is 5.72. The SMILES string of the molecule is CCc1ccc(CNC(C)=O)c(F)c1F. The minimum Gasteiger partial charge on any atom is -0.352 e. The molecule has 0 aliphatic carbocycles. The van der Waals surface area contributed by atoms with Crippen LogP contribution in [-0.2, 0) is 17.8 Å². The first-order valence-electron chi connectivity index (χ1n) is 4.76. The molecule has 0 spiro atoms. The lowest BCUT2D eigenvalue weighted by molar-refractivity contribution is -0.119. The van der Waals surface area contributed by atoms with Gasteiger partial charge in [-0.2, -0.15) is 0 Å². The normalized spacial score (nSPS) is 10.1. The molecule has 0 fully saturated rings. The maximum Gasteiger partial charge on any atom is 0.217 e. The first-order valence-corrected chi connectivity index (χ1v) is 4.76. The van der Waals surface area contributed by atoms with E-state index in [1.54, 1.807) is 6.92 Å². The Morgan fingerprint density at radius 3 is 2.33 bits per heavy atom. The fourth-order valence-electron chi connectivity index (χ4n) is 1.26. The summed E-state index contributed by atoms with van der Waals surface area (Å²) in [7, 11) is 0. The second-order valence-electron chi connectivity index (χ2n) is 3.28. The van der Waals surface area contributed by atoms with Gasteiger partial charge in [0.2, 0.25) is 5.91 Å². The maximum absolute atomic E-state index is 13.4. The molecule has 0 atom stereocenters. The number of hydrogen-bond acceptors (Lipinski definition) is 1. The zero-order valence-electron chi connectivity index (χ0n) is 8.73. The summed E-state index contributed by atoms with van der Waals surface area (Å²) in [6.07, 6.45) is 0.448. The molecule has 82 valence electrons. The van der Waals surface area contributed by atoms with Gasteiger partial charge in [-0.1, -0.05) is 19.1 Å². The fraction of sp³-hybridized carbons (Fsp3) is 0.364. The van der Waals surface area contributed by atoms with Crippen molar-refractivity contribution in [3.05, 3.63) is 34.9 Å². The van der Waals surface area contributed by atoms with Gasteiger partial charge in [0.1, 0.15) is 0 Å². The van der Waals surface area contributed by atoms with Crippen LogP contribution in [0.1, 0.15) is 25.0 Å². The highest BCUT2D eigenvalue weighted by Gasteiger charge is 2.11. The van der Waals surface area contributed by atoms with Gasteiger partial charge in [0, 0.05) is 19.0 Å². The number of rotatable bonds is 3. The van der Waals surface area contributed by atoms with E-state index in [0.29, 0.717) is 12.0 Å². The number of hydrogen-bond donors (Lipinski definition) is 1. The van der Waals surface area contributed by atoms with Gasteiger partial charge in [-0.3, -0.25) is 4.79 Å². The first kappa shape index (κ1) is 11.6. The van der Waals surface area contributed by atoms with Gasteiger partial charge in [-0.15, -0.1) is 0 Å². The van der Waals surface area contributed by atoms with Crippen LogP contribution in [0.5, 0.6) is 0 Å². The van der Waals surface area contributed by atoms with Crippen molar-refractivity contribution in [3.63, 3.8) is 0 Å². The molecule has 1 rings (SSSR count). The maximum atomic E-state index is 13.4. The van der Waals surface area contributed by atoms with Gasteiger partial charge < -0.3 is 5.32 Å². The third-order valence-electron chi connectivity index (χ3n) is 2.15. The van der Waals surface area contributed by atoms with Crippen LogP contribution >= 0.6 is 0 Å². The van der Waals surface area contributed by atoms with Crippen molar-refractivity contribution in [3.8, 4) is 0 Å². The molecule has 1 N–H and O–H groups in total. The Morgan fingerprint density at radius 2 is 1.80 bits per heavy atom. The first-order chi connectivity index (χ1) is 7.06. The minimum absolute atomic E-state index is 0.0160. The zero-order valence-corrected chi connectivity index (χ0v) is 8.73. The summed E-state index contributed by atoms with van der Waals surface area (Å²) >= 11 is 0. The molecule has 0 aliphatic heterocycles. The van der Waals surface area contributed by atoms with E-state index in [9.17, 15) is 13.6 Å². The predicted molar refractivity (Wildman–Crippen MR) is 53.3 cm³/mol. The smallest absolute Gasteiger partial charge is 0.217 e. The molecule has 4 heteroatoms. The highest BCUT2D eigenvalue weighted by Crippen LogP contribution is 2.16. The van der Waals surface area contributed by atoms with Gasteiger partial charge in [-0.25, -0.2) is 8.78 Å². The zero-order chi connectivity index (χ0) is 11.4. The van der Waals surface area contributed by atoms with Crippen LogP contribution in [0.4, 0.5) is 8.78 Å². The van der Waals surface area contributed by atoms with Crippen LogP contribution in [0.15, 0.2) is 12.1 Å². The second-order valence-corrected chi connectivity index (χ2v) is 3.28. The third kappa shape index (κ3) is 2.75. The van der Waals surface area contributed by atoms with Crippen molar-refractivity contribution in [2.45, 2.75) is 26.8 Å². The molecule has 0 aromatic heterocycles. The monoisotopic (exact) mass is 213 g/mol. The van der Waals surface area contributed by atoms with Crippen molar-refractivity contribution in [2.24, 2.45) is 0 Å². The summed E-state index contributed by atoms with van der Waals surface area (Å²) in [5.74, 6) is -1.96. The number of carbonyl (C=O) groups is 1. The molecule has 0 heterocycles. The Kier molecular flexibility index (Phi) is 3.77. The molecule has 0 aliphatic rings. The molecule has 1 aromatic rings. The summed E-state index contributed by atoms with van der Waals surface area (Å²) in [4.78, 5) is 10.6. The number of amides is 1. The van der Waals surface area contributed by atoms with Crippen molar-refractivity contribution >= 4 is 5.91 Å². The topological polar surface area (TPSA) is 29.1 Å². The molecular formula is C11H13F2NO. The molecule has 0 radical (unpaired) electrons. The summed E-state index contributed by atoms with van der Waals surface area (Å²) in [5, 5.41) is 2.42. The number of benzene rings is 1. The lowest BCUT2D eigenvalue weighted by Gasteiger charge is -2.07. The van der Waals surface area contributed by atoms with E-state index in [1.165, 1.54) is 19.1 Å². The lowest BCUT2D eigenvalue weighted by Crippen LogP contribution is -2.20. The Morgan fingerprint density at radius 1 is 1.27 bits per heavy atom. The van der Waals surface area contributed by atoms with E-state index in [-0.39, 0.29) is 18.0 Å². The fourth-order valence-corrected chi connectivity index (χ4v) is 1.26. The van der Waals surface area contributed by atoms with E-state index < -0.39 is 11.6 Å². The van der Waals surface area contributed by atoms with Gasteiger partial charge in [0.05, 0.1) is 0 Å². The predicted octanol–water partition coefficient (Wildman–Crippen LogP) is 2.16. The number of halogens is 2. The van der Waals surface area contributed by atoms with Crippen LogP contribution in [0.25, 0.3) is 0 Å². The summed E-state index contributed by atoms with van der Waals surface area (Å²) < 4.78 is 26.7. The molecule has 2 nitrogen and oxygen atoms in total. The molecule has 0 saturated heterocycles. The quantitative estimate of drug-likeness (QED) is 0.819. The standard InChI is InChI=1S/C11H13F2NO/c1-3-8-4-5-9(6-14-7(2)15)11(13)10(8)12/h4-5H,3,6H2,1-2H3,(H,14,15). The van der Waals surface area contributed by atoms with Crippen molar-refractivity contribution in [1.29, 1.82) is 0 Å². The number of carbonyl (C=O) groups excluding carboxylic acids is 1. The van der Waals surface area contributed by atoms with Gasteiger partial charge in [0.25, 0.3) is 0 Å². The van der Waals surface area contributed by atoms with Gasteiger partial charge in [0.15, 0.2) is 11.6 Å². The molecular weight excluding hydrogens is 200 g/mol. The average molecular weight is 213 g/mol. The van der Waals surface area contributed by atoms with E-state index in [1.807, 2.05) is 0 Å². The van der Waals surface area contributed by atoms with Crippen molar-refractivity contribution < 1.29 is 13.6 Å². The minimum atomic E-state index is -0.872. The van der Waals surface area contributed by atoms with Crippen molar-refractivity contribution in [1.82, 2.24) is 5.32 Å². The Bertz CT molecular complexity index is 377. The molecule has 1 amide bonds. The van der Waals surface area contributed by atoms with E-state index >= 15 is 0 Å². The van der Waals surface area contributed by atoms with E-state index in [4.69, 9.17) is 0 Å². The van der Waals surface area contributed by atoms with Crippen LogP contribution in [0, 0.1) is 11.6 Å². The number of aryl methyl sites for hydroxylation is 1. The molecule has 0 unspecified atom stereocenters. The largest absolute Gasteiger partial charge is 0.352 e. The summed E-state index contributed by atoms with van der Waals surface area (Å²) in [6.45, 7) is 3.10.